The Hall–Kier alpha value is -1.65. The number of aromatic nitrogens is 2. The van der Waals surface area contributed by atoms with E-state index in [1.807, 2.05) is 23.1 Å². The van der Waals surface area contributed by atoms with Crippen molar-refractivity contribution in [2.75, 3.05) is 26.2 Å². The molecule has 0 aliphatic carbocycles. The average Bonchev–Trinajstić information content (AvgIpc) is 3.21. The second kappa shape index (κ2) is 6.46. The summed E-state index contributed by atoms with van der Waals surface area (Å²) in [5, 5.41) is 7.95. The maximum Gasteiger partial charge on any atom is 0.0662 e. The maximum absolute atomic E-state index is 4.35. The van der Waals surface area contributed by atoms with Gasteiger partial charge in [0.25, 0.3) is 0 Å². The lowest BCUT2D eigenvalue weighted by Gasteiger charge is -2.34. The van der Waals surface area contributed by atoms with Gasteiger partial charge in [-0.05, 0) is 55.0 Å². The summed E-state index contributed by atoms with van der Waals surface area (Å²) < 4.78 is 2.01. The largest absolute Gasteiger partial charge is 0.316 e. The second-order valence-corrected chi connectivity index (χ2v) is 7.21. The molecule has 2 fully saturated rings. The molecule has 2 aromatic rings. The predicted octanol–water partition coefficient (Wildman–Crippen LogP) is 2.51. The highest BCUT2D eigenvalue weighted by Crippen LogP contribution is 2.37. The Morgan fingerprint density at radius 3 is 2.70 bits per heavy atom. The van der Waals surface area contributed by atoms with E-state index in [-0.39, 0.29) is 0 Å². The van der Waals surface area contributed by atoms with Gasteiger partial charge >= 0.3 is 0 Å². The molecule has 2 saturated heterocycles. The quantitative estimate of drug-likeness (QED) is 0.942. The molecule has 1 N–H and O–H groups in total. The van der Waals surface area contributed by atoms with Crippen molar-refractivity contribution in [1.82, 2.24) is 20.0 Å². The molecule has 0 saturated carbocycles. The molecule has 4 rings (SSSR count). The van der Waals surface area contributed by atoms with Crippen LogP contribution < -0.4 is 5.32 Å². The van der Waals surface area contributed by atoms with Crippen molar-refractivity contribution in [2.45, 2.75) is 32.4 Å². The molecule has 0 unspecified atom stereocenters. The molecule has 0 amide bonds. The highest BCUT2D eigenvalue weighted by molar-refractivity contribution is 5.27. The number of benzene rings is 1. The number of hydrogen-bond acceptors (Lipinski definition) is 3. The minimum absolute atomic E-state index is 0.537. The van der Waals surface area contributed by atoms with Crippen LogP contribution in [-0.4, -0.2) is 40.9 Å². The molecule has 122 valence electrons. The highest BCUT2D eigenvalue weighted by Gasteiger charge is 2.38. The number of rotatable bonds is 4. The van der Waals surface area contributed by atoms with Gasteiger partial charge in [-0.1, -0.05) is 24.3 Å². The fourth-order valence-electron chi connectivity index (χ4n) is 4.22. The fraction of sp³-hybridized carbons (Fsp3) is 0.526. The van der Waals surface area contributed by atoms with Gasteiger partial charge in [-0.25, -0.2) is 0 Å². The molecule has 1 aromatic heterocycles. The summed E-state index contributed by atoms with van der Waals surface area (Å²) >= 11 is 0. The van der Waals surface area contributed by atoms with Crippen molar-refractivity contribution >= 4 is 0 Å². The maximum atomic E-state index is 4.35. The minimum Gasteiger partial charge on any atom is -0.316 e. The Morgan fingerprint density at radius 1 is 1.09 bits per heavy atom. The second-order valence-electron chi connectivity index (χ2n) is 7.21. The van der Waals surface area contributed by atoms with Gasteiger partial charge in [0.15, 0.2) is 0 Å². The minimum atomic E-state index is 0.537. The third kappa shape index (κ3) is 3.33. The van der Waals surface area contributed by atoms with Crippen LogP contribution in [0.5, 0.6) is 0 Å². The molecule has 0 bridgehead atoms. The van der Waals surface area contributed by atoms with E-state index in [1.54, 1.807) is 0 Å². The molecule has 1 spiro atoms. The van der Waals surface area contributed by atoms with Crippen LogP contribution in [-0.2, 0) is 13.1 Å². The van der Waals surface area contributed by atoms with E-state index in [9.17, 15) is 0 Å². The smallest absolute Gasteiger partial charge is 0.0662 e. The Balaban J connectivity index is 1.45. The number of likely N-dealkylation sites (tertiary alicyclic amines) is 1. The van der Waals surface area contributed by atoms with Crippen molar-refractivity contribution in [2.24, 2.45) is 5.41 Å². The Morgan fingerprint density at radius 2 is 1.96 bits per heavy atom. The molecule has 23 heavy (non-hydrogen) atoms. The van der Waals surface area contributed by atoms with E-state index < -0.39 is 0 Å². The van der Waals surface area contributed by atoms with Gasteiger partial charge in [-0.15, -0.1) is 0 Å². The van der Waals surface area contributed by atoms with Crippen LogP contribution in [0.25, 0.3) is 0 Å². The van der Waals surface area contributed by atoms with Crippen LogP contribution in [0.4, 0.5) is 0 Å². The van der Waals surface area contributed by atoms with Gasteiger partial charge in [-0.2, -0.15) is 5.10 Å². The van der Waals surface area contributed by atoms with E-state index in [0.717, 1.165) is 13.1 Å². The summed E-state index contributed by atoms with van der Waals surface area (Å²) in [6.07, 6.45) is 7.97. The summed E-state index contributed by atoms with van der Waals surface area (Å²) in [6.45, 7) is 6.82. The Kier molecular flexibility index (Phi) is 4.19. The van der Waals surface area contributed by atoms with Crippen LogP contribution in [0, 0.1) is 5.41 Å². The average molecular weight is 310 g/mol. The molecule has 4 nitrogen and oxygen atoms in total. The van der Waals surface area contributed by atoms with Gasteiger partial charge in [0.1, 0.15) is 0 Å². The lowest BCUT2D eigenvalue weighted by Crippen LogP contribution is -2.41. The third-order valence-electron chi connectivity index (χ3n) is 5.48. The van der Waals surface area contributed by atoms with E-state index in [4.69, 9.17) is 0 Å². The Bertz CT molecular complexity index is 629. The standard InChI is InChI=1S/C19H26N4/c1-2-6-18(14-23-11-4-10-21-23)17(5-1)13-22-12-8-19(16-22)7-3-9-20-15-19/h1-2,4-6,10-11,20H,3,7-9,12-16H2/t19-/m0/s1. The topological polar surface area (TPSA) is 33.1 Å². The van der Waals surface area contributed by atoms with E-state index >= 15 is 0 Å². The first kappa shape index (κ1) is 14.9. The third-order valence-corrected chi connectivity index (χ3v) is 5.48. The number of hydrogen-bond donors (Lipinski definition) is 1. The van der Waals surface area contributed by atoms with Crippen LogP contribution >= 0.6 is 0 Å². The summed E-state index contributed by atoms with van der Waals surface area (Å²) in [6, 6.07) is 10.8. The predicted molar refractivity (Wildman–Crippen MR) is 92.2 cm³/mol. The van der Waals surface area contributed by atoms with Gasteiger partial charge in [0, 0.05) is 32.0 Å². The molecule has 0 radical (unpaired) electrons. The Labute approximate surface area is 138 Å². The SMILES string of the molecule is c1ccc(Cn2cccn2)c(CN2CC[C@]3(CCCNC3)C2)c1. The van der Waals surface area contributed by atoms with Crippen LogP contribution in [0.1, 0.15) is 30.4 Å². The monoisotopic (exact) mass is 310 g/mol. The molecular formula is C19H26N4. The van der Waals surface area contributed by atoms with Crippen molar-refractivity contribution < 1.29 is 0 Å². The van der Waals surface area contributed by atoms with Gasteiger partial charge in [0.2, 0.25) is 0 Å². The summed E-state index contributed by atoms with van der Waals surface area (Å²) in [5.74, 6) is 0. The summed E-state index contributed by atoms with van der Waals surface area (Å²) in [4.78, 5) is 2.65. The fourth-order valence-corrected chi connectivity index (χ4v) is 4.22. The van der Waals surface area contributed by atoms with Crippen LogP contribution in [0.3, 0.4) is 0 Å². The lowest BCUT2D eigenvalue weighted by atomic mass is 9.80. The first-order chi connectivity index (χ1) is 11.3. The first-order valence-corrected chi connectivity index (χ1v) is 8.80. The van der Waals surface area contributed by atoms with Crippen molar-refractivity contribution in [3.63, 3.8) is 0 Å². The highest BCUT2D eigenvalue weighted by atomic mass is 15.3. The molecule has 3 heterocycles. The summed E-state index contributed by atoms with van der Waals surface area (Å²) in [5.41, 5.74) is 3.37. The number of nitrogens with one attached hydrogen (secondary N) is 1. The lowest BCUT2D eigenvalue weighted by molar-refractivity contribution is 0.199. The van der Waals surface area contributed by atoms with Crippen LogP contribution in [0.15, 0.2) is 42.7 Å². The molecular weight excluding hydrogens is 284 g/mol. The number of piperidine rings is 1. The molecule has 2 aliphatic heterocycles. The van der Waals surface area contributed by atoms with E-state index in [1.165, 1.54) is 56.6 Å². The van der Waals surface area contributed by atoms with Crippen molar-refractivity contribution in [3.8, 4) is 0 Å². The van der Waals surface area contributed by atoms with Gasteiger partial charge in [0.05, 0.1) is 6.54 Å². The zero-order chi connectivity index (χ0) is 15.5. The van der Waals surface area contributed by atoms with Crippen molar-refractivity contribution in [1.29, 1.82) is 0 Å². The first-order valence-electron chi connectivity index (χ1n) is 8.80. The van der Waals surface area contributed by atoms with Crippen molar-refractivity contribution in [3.05, 3.63) is 53.9 Å². The number of nitrogens with zero attached hydrogens (tertiary/aromatic N) is 3. The molecule has 4 heteroatoms. The van der Waals surface area contributed by atoms with E-state index in [0.29, 0.717) is 5.41 Å². The molecule has 1 atom stereocenters. The molecule has 2 aliphatic rings. The zero-order valence-corrected chi connectivity index (χ0v) is 13.7. The zero-order valence-electron chi connectivity index (χ0n) is 13.7. The van der Waals surface area contributed by atoms with Gasteiger partial charge in [-0.3, -0.25) is 9.58 Å². The summed E-state index contributed by atoms with van der Waals surface area (Å²) in [7, 11) is 0. The van der Waals surface area contributed by atoms with Gasteiger partial charge < -0.3 is 5.32 Å². The van der Waals surface area contributed by atoms with E-state index in [2.05, 4.69) is 39.6 Å². The molecule has 1 aromatic carbocycles. The van der Waals surface area contributed by atoms with Crippen LogP contribution in [0.2, 0.25) is 0 Å². The normalized spacial score (nSPS) is 25.2.